The maximum atomic E-state index is 13.1. The van der Waals surface area contributed by atoms with E-state index in [0.29, 0.717) is 5.75 Å². The quantitative estimate of drug-likeness (QED) is 0.718. The molecule has 1 aromatic heterocycles. The van der Waals surface area contributed by atoms with E-state index in [0.717, 1.165) is 49.1 Å². The minimum atomic E-state index is -0.215. The van der Waals surface area contributed by atoms with Gasteiger partial charge in [-0.15, -0.1) is 10.2 Å². The van der Waals surface area contributed by atoms with Gasteiger partial charge in [-0.25, -0.2) is 4.39 Å². The minimum absolute atomic E-state index is 0.0159. The van der Waals surface area contributed by atoms with E-state index in [9.17, 15) is 9.18 Å². The SMILES string of the molecule is CC[C@H](C)NC(=O)CSc1ccc(N2CCN(c3ccc(F)cc3)CC2)nn1. The number of hydrogen-bond donors (Lipinski definition) is 1. The van der Waals surface area contributed by atoms with Crippen LogP contribution in [-0.2, 0) is 4.79 Å². The van der Waals surface area contributed by atoms with Crippen LogP contribution in [0.4, 0.5) is 15.9 Å². The van der Waals surface area contributed by atoms with Gasteiger partial charge in [-0.05, 0) is 49.7 Å². The van der Waals surface area contributed by atoms with E-state index in [-0.39, 0.29) is 17.8 Å². The Bertz CT molecular complexity index is 763. The Morgan fingerprint density at radius 3 is 2.39 bits per heavy atom. The van der Waals surface area contributed by atoms with Crippen molar-refractivity contribution in [2.45, 2.75) is 31.3 Å². The van der Waals surface area contributed by atoms with E-state index in [1.54, 1.807) is 0 Å². The van der Waals surface area contributed by atoms with E-state index >= 15 is 0 Å². The molecule has 1 fully saturated rings. The molecule has 0 bridgehead atoms. The monoisotopic (exact) mass is 403 g/mol. The molecule has 1 aliphatic heterocycles. The van der Waals surface area contributed by atoms with Crippen molar-refractivity contribution in [3.8, 4) is 0 Å². The van der Waals surface area contributed by atoms with Crippen LogP contribution in [0.5, 0.6) is 0 Å². The molecule has 0 radical (unpaired) electrons. The summed E-state index contributed by atoms with van der Waals surface area (Å²) in [6, 6.07) is 10.7. The van der Waals surface area contributed by atoms with Gasteiger partial charge >= 0.3 is 0 Å². The number of amides is 1. The Labute approximate surface area is 169 Å². The maximum Gasteiger partial charge on any atom is 0.230 e. The van der Waals surface area contributed by atoms with Gasteiger partial charge < -0.3 is 15.1 Å². The third-order valence-electron chi connectivity index (χ3n) is 4.79. The van der Waals surface area contributed by atoms with E-state index < -0.39 is 0 Å². The molecule has 1 atom stereocenters. The second-order valence-electron chi connectivity index (χ2n) is 6.85. The maximum absolute atomic E-state index is 13.1. The lowest BCUT2D eigenvalue weighted by Gasteiger charge is -2.36. The first-order valence-electron chi connectivity index (χ1n) is 9.56. The minimum Gasteiger partial charge on any atom is -0.368 e. The molecule has 2 heterocycles. The van der Waals surface area contributed by atoms with Crippen LogP contribution in [-0.4, -0.2) is 54.1 Å². The van der Waals surface area contributed by atoms with E-state index in [1.807, 2.05) is 38.1 Å². The molecule has 28 heavy (non-hydrogen) atoms. The second kappa shape index (κ2) is 9.73. The van der Waals surface area contributed by atoms with Gasteiger partial charge in [0.25, 0.3) is 0 Å². The van der Waals surface area contributed by atoms with Crippen LogP contribution in [0.25, 0.3) is 0 Å². The number of halogens is 1. The fraction of sp³-hybridized carbons (Fsp3) is 0.450. The van der Waals surface area contributed by atoms with Crippen molar-refractivity contribution in [2.75, 3.05) is 41.7 Å². The predicted octanol–water partition coefficient (Wildman–Crippen LogP) is 2.95. The first kappa shape index (κ1) is 20.4. The first-order chi connectivity index (χ1) is 13.5. The third kappa shape index (κ3) is 5.58. The molecule has 6 nitrogen and oxygen atoms in total. The highest BCUT2D eigenvalue weighted by atomic mass is 32.2. The summed E-state index contributed by atoms with van der Waals surface area (Å²) in [4.78, 5) is 16.3. The van der Waals surface area contributed by atoms with Crippen molar-refractivity contribution >= 4 is 29.2 Å². The zero-order chi connectivity index (χ0) is 19.9. The number of nitrogens with one attached hydrogen (secondary N) is 1. The van der Waals surface area contributed by atoms with Crippen LogP contribution < -0.4 is 15.1 Å². The van der Waals surface area contributed by atoms with Crippen LogP contribution in [0, 0.1) is 5.82 Å². The van der Waals surface area contributed by atoms with Crippen molar-refractivity contribution in [1.82, 2.24) is 15.5 Å². The van der Waals surface area contributed by atoms with Gasteiger partial charge in [-0.3, -0.25) is 4.79 Å². The largest absolute Gasteiger partial charge is 0.368 e. The smallest absolute Gasteiger partial charge is 0.230 e. The fourth-order valence-electron chi connectivity index (χ4n) is 2.96. The molecule has 8 heteroatoms. The zero-order valence-electron chi connectivity index (χ0n) is 16.3. The van der Waals surface area contributed by atoms with Crippen molar-refractivity contribution in [3.63, 3.8) is 0 Å². The van der Waals surface area contributed by atoms with E-state index in [4.69, 9.17) is 0 Å². The fourth-order valence-corrected chi connectivity index (χ4v) is 3.59. The summed E-state index contributed by atoms with van der Waals surface area (Å²) in [5, 5.41) is 12.3. The summed E-state index contributed by atoms with van der Waals surface area (Å²) in [5.74, 6) is 0.983. The summed E-state index contributed by atoms with van der Waals surface area (Å²) >= 11 is 1.39. The molecule has 1 saturated heterocycles. The Hall–Kier alpha value is -2.35. The van der Waals surface area contributed by atoms with Gasteiger partial charge in [0.15, 0.2) is 5.82 Å². The standard InChI is InChI=1S/C20H26FN5OS/c1-3-15(2)22-19(27)14-28-20-9-8-18(23-24-20)26-12-10-25(11-13-26)17-6-4-16(21)5-7-17/h4-9,15H,3,10-14H2,1-2H3,(H,22,27)/t15-/m0/s1. The molecular weight excluding hydrogens is 377 g/mol. The van der Waals surface area contributed by atoms with Gasteiger partial charge in [0.2, 0.25) is 5.91 Å². The van der Waals surface area contributed by atoms with Crippen molar-refractivity contribution in [1.29, 1.82) is 0 Å². The van der Waals surface area contributed by atoms with Gasteiger partial charge in [-0.2, -0.15) is 0 Å². The summed E-state index contributed by atoms with van der Waals surface area (Å²) in [6.45, 7) is 7.39. The average Bonchev–Trinajstić information content (AvgIpc) is 2.73. The van der Waals surface area contributed by atoms with Gasteiger partial charge in [0.1, 0.15) is 10.8 Å². The number of nitrogens with zero attached hydrogens (tertiary/aromatic N) is 4. The molecule has 0 spiro atoms. The van der Waals surface area contributed by atoms with Crippen LogP contribution >= 0.6 is 11.8 Å². The highest BCUT2D eigenvalue weighted by Gasteiger charge is 2.19. The van der Waals surface area contributed by atoms with Crippen molar-refractivity contribution in [2.24, 2.45) is 0 Å². The number of aromatic nitrogens is 2. The molecule has 2 aromatic rings. The van der Waals surface area contributed by atoms with Crippen molar-refractivity contribution < 1.29 is 9.18 Å². The molecule has 1 aliphatic rings. The summed E-state index contributed by atoms with van der Waals surface area (Å²) in [5.41, 5.74) is 1.04. The van der Waals surface area contributed by atoms with Crippen molar-refractivity contribution in [3.05, 3.63) is 42.2 Å². The molecule has 1 N–H and O–H groups in total. The van der Waals surface area contributed by atoms with Crippen LogP contribution in [0.3, 0.4) is 0 Å². The van der Waals surface area contributed by atoms with E-state index in [1.165, 1.54) is 23.9 Å². The van der Waals surface area contributed by atoms with Gasteiger partial charge in [-0.1, -0.05) is 18.7 Å². The number of anilines is 2. The number of carbonyl (C=O) groups excluding carboxylic acids is 1. The number of benzene rings is 1. The average molecular weight is 404 g/mol. The molecular formula is C20H26FN5OS. The molecule has 150 valence electrons. The number of carbonyl (C=O) groups is 1. The molecule has 3 rings (SSSR count). The number of thioether (sulfide) groups is 1. The molecule has 1 aromatic carbocycles. The number of piperazine rings is 1. The van der Waals surface area contributed by atoms with Gasteiger partial charge in [0.05, 0.1) is 5.75 Å². The second-order valence-corrected chi connectivity index (χ2v) is 7.84. The Kier molecular flexibility index (Phi) is 7.08. The topological polar surface area (TPSA) is 61.4 Å². The molecule has 0 saturated carbocycles. The lowest BCUT2D eigenvalue weighted by atomic mass is 10.2. The molecule has 0 aliphatic carbocycles. The van der Waals surface area contributed by atoms with Crippen LogP contribution in [0.1, 0.15) is 20.3 Å². The zero-order valence-corrected chi connectivity index (χ0v) is 17.1. The lowest BCUT2D eigenvalue weighted by Crippen LogP contribution is -2.46. The summed E-state index contributed by atoms with van der Waals surface area (Å²) in [7, 11) is 0. The Morgan fingerprint density at radius 1 is 1.11 bits per heavy atom. The predicted molar refractivity (Wildman–Crippen MR) is 111 cm³/mol. The van der Waals surface area contributed by atoms with Crippen LogP contribution in [0.2, 0.25) is 0 Å². The Morgan fingerprint density at radius 2 is 1.79 bits per heavy atom. The number of hydrogen-bond acceptors (Lipinski definition) is 6. The van der Waals surface area contributed by atoms with Gasteiger partial charge in [0, 0.05) is 37.9 Å². The van der Waals surface area contributed by atoms with Crippen LogP contribution in [0.15, 0.2) is 41.4 Å². The summed E-state index contributed by atoms with van der Waals surface area (Å²) in [6.07, 6.45) is 0.916. The highest BCUT2D eigenvalue weighted by Crippen LogP contribution is 2.21. The third-order valence-corrected chi connectivity index (χ3v) is 5.71. The molecule has 1 amide bonds. The lowest BCUT2D eigenvalue weighted by molar-refractivity contribution is -0.119. The summed E-state index contributed by atoms with van der Waals surface area (Å²) < 4.78 is 13.1. The highest BCUT2D eigenvalue weighted by molar-refractivity contribution is 7.99. The Balaban J connectivity index is 1.48. The normalized spacial score (nSPS) is 15.4. The first-order valence-corrected chi connectivity index (χ1v) is 10.5. The number of rotatable bonds is 7. The van der Waals surface area contributed by atoms with E-state index in [2.05, 4.69) is 25.3 Å². The molecule has 0 unspecified atom stereocenters.